The van der Waals surface area contributed by atoms with Crippen LogP contribution < -0.4 is 5.32 Å². The van der Waals surface area contributed by atoms with Crippen molar-refractivity contribution in [1.82, 2.24) is 15.5 Å². The number of hydrogen-bond acceptors (Lipinski definition) is 3. The number of ether oxygens (including phenoxy) is 1. The molecule has 17 heavy (non-hydrogen) atoms. The van der Waals surface area contributed by atoms with E-state index in [2.05, 4.69) is 22.4 Å². The monoisotopic (exact) mass is 235 g/mol. The molecule has 1 spiro atoms. The van der Waals surface area contributed by atoms with Crippen LogP contribution in [-0.2, 0) is 11.3 Å². The van der Waals surface area contributed by atoms with Gasteiger partial charge in [0.2, 0.25) is 0 Å². The number of nitrogens with zero attached hydrogens (tertiary/aromatic N) is 1. The molecule has 4 nitrogen and oxygen atoms in total. The quantitative estimate of drug-likeness (QED) is 0.819. The zero-order valence-electron chi connectivity index (χ0n) is 10.4. The summed E-state index contributed by atoms with van der Waals surface area (Å²) in [6.07, 6.45) is 7.50. The van der Waals surface area contributed by atoms with Crippen molar-refractivity contribution >= 4 is 0 Å². The summed E-state index contributed by atoms with van der Waals surface area (Å²) in [5, 5.41) is 10.6. The van der Waals surface area contributed by atoms with Crippen molar-refractivity contribution in [3.63, 3.8) is 0 Å². The largest absolute Gasteiger partial charge is 0.378 e. The van der Waals surface area contributed by atoms with Crippen LogP contribution in [0.5, 0.6) is 0 Å². The van der Waals surface area contributed by atoms with Crippen molar-refractivity contribution in [1.29, 1.82) is 0 Å². The Morgan fingerprint density at radius 3 is 3.06 bits per heavy atom. The van der Waals surface area contributed by atoms with Crippen LogP contribution in [0.3, 0.4) is 0 Å². The second-order valence-corrected chi connectivity index (χ2v) is 5.28. The van der Waals surface area contributed by atoms with Crippen molar-refractivity contribution in [2.75, 3.05) is 6.61 Å². The van der Waals surface area contributed by atoms with Crippen LogP contribution in [0.4, 0.5) is 0 Å². The van der Waals surface area contributed by atoms with Crippen LogP contribution in [0.15, 0.2) is 12.3 Å². The van der Waals surface area contributed by atoms with Crippen LogP contribution in [0.2, 0.25) is 0 Å². The Bertz CT molecular complexity index is 359. The Hall–Kier alpha value is -0.870. The molecule has 1 heterocycles. The molecule has 94 valence electrons. The Morgan fingerprint density at radius 1 is 1.59 bits per heavy atom. The summed E-state index contributed by atoms with van der Waals surface area (Å²) in [6, 6.07) is 2.66. The Labute approximate surface area is 102 Å². The van der Waals surface area contributed by atoms with Crippen molar-refractivity contribution in [3.05, 3.63) is 18.0 Å². The van der Waals surface area contributed by atoms with E-state index >= 15 is 0 Å². The fraction of sp³-hybridized carbons (Fsp3) is 0.769. The van der Waals surface area contributed by atoms with Crippen molar-refractivity contribution in [2.45, 2.75) is 51.3 Å². The lowest BCUT2D eigenvalue weighted by Crippen LogP contribution is -2.66. The molecule has 2 N–H and O–H groups in total. The maximum atomic E-state index is 5.84. The van der Waals surface area contributed by atoms with Gasteiger partial charge in [-0.05, 0) is 32.3 Å². The molecule has 2 atom stereocenters. The van der Waals surface area contributed by atoms with Gasteiger partial charge in [-0.3, -0.25) is 5.10 Å². The maximum Gasteiger partial charge on any atom is 0.0661 e. The first-order valence-corrected chi connectivity index (χ1v) is 6.68. The van der Waals surface area contributed by atoms with Crippen molar-refractivity contribution in [2.24, 2.45) is 5.41 Å². The first kappa shape index (κ1) is 11.2. The second kappa shape index (κ2) is 4.42. The summed E-state index contributed by atoms with van der Waals surface area (Å²) < 4.78 is 5.84. The third kappa shape index (κ3) is 1.79. The van der Waals surface area contributed by atoms with E-state index in [9.17, 15) is 0 Å². The minimum Gasteiger partial charge on any atom is -0.378 e. The molecular weight excluding hydrogens is 214 g/mol. The molecule has 2 unspecified atom stereocenters. The highest BCUT2D eigenvalue weighted by atomic mass is 16.5. The van der Waals surface area contributed by atoms with Gasteiger partial charge in [-0.25, -0.2) is 0 Å². The van der Waals surface area contributed by atoms with Crippen LogP contribution in [-0.4, -0.2) is 29.0 Å². The number of rotatable bonds is 5. The zero-order valence-corrected chi connectivity index (χ0v) is 10.4. The molecule has 0 saturated heterocycles. The minimum absolute atomic E-state index is 0.454. The smallest absolute Gasteiger partial charge is 0.0661 e. The molecular formula is C13H21N3O. The van der Waals surface area contributed by atoms with E-state index in [1.54, 1.807) is 6.20 Å². The van der Waals surface area contributed by atoms with Gasteiger partial charge in [-0.2, -0.15) is 5.10 Å². The molecule has 0 radical (unpaired) electrons. The standard InChI is InChI=1S/C13H21N3O/c1-2-17-12-8-11(13(12)5-3-6-13)14-9-10-4-7-15-16-10/h4,7,11-12,14H,2-3,5-6,8-9H2,1H3,(H,15,16). The predicted molar refractivity (Wildman–Crippen MR) is 65.5 cm³/mol. The number of hydrogen-bond donors (Lipinski definition) is 2. The summed E-state index contributed by atoms with van der Waals surface area (Å²) in [7, 11) is 0. The fourth-order valence-corrected chi connectivity index (χ4v) is 3.34. The molecule has 0 aliphatic heterocycles. The van der Waals surface area contributed by atoms with Crippen molar-refractivity contribution in [3.8, 4) is 0 Å². The van der Waals surface area contributed by atoms with Crippen LogP contribution in [0, 0.1) is 5.41 Å². The molecule has 2 saturated carbocycles. The summed E-state index contributed by atoms with van der Waals surface area (Å²) >= 11 is 0. The van der Waals surface area contributed by atoms with Gasteiger partial charge in [0.25, 0.3) is 0 Å². The molecule has 0 amide bonds. The molecule has 1 aromatic rings. The van der Waals surface area contributed by atoms with E-state index in [4.69, 9.17) is 4.74 Å². The summed E-state index contributed by atoms with van der Waals surface area (Å²) in [5.74, 6) is 0. The predicted octanol–water partition coefficient (Wildman–Crippen LogP) is 1.85. The molecule has 4 heteroatoms. The average Bonchev–Trinajstić information content (AvgIpc) is 2.72. The highest BCUT2D eigenvalue weighted by Crippen LogP contribution is 2.57. The lowest BCUT2D eigenvalue weighted by atomic mass is 9.51. The van der Waals surface area contributed by atoms with E-state index in [0.717, 1.165) is 13.2 Å². The molecule has 0 aromatic carbocycles. The minimum atomic E-state index is 0.454. The molecule has 3 rings (SSSR count). The van der Waals surface area contributed by atoms with E-state index in [-0.39, 0.29) is 0 Å². The third-order valence-corrected chi connectivity index (χ3v) is 4.53. The van der Waals surface area contributed by atoms with Crippen molar-refractivity contribution < 1.29 is 4.74 Å². The zero-order chi connectivity index (χ0) is 11.7. The van der Waals surface area contributed by atoms with E-state index in [1.807, 2.05) is 6.07 Å². The van der Waals surface area contributed by atoms with Crippen LogP contribution in [0.1, 0.15) is 38.3 Å². The van der Waals surface area contributed by atoms with E-state index in [1.165, 1.54) is 31.4 Å². The van der Waals surface area contributed by atoms with Crippen LogP contribution >= 0.6 is 0 Å². The van der Waals surface area contributed by atoms with Gasteiger partial charge in [0, 0.05) is 36.5 Å². The first-order chi connectivity index (χ1) is 8.35. The van der Waals surface area contributed by atoms with Crippen LogP contribution in [0.25, 0.3) is 0 Å². The van der Waals surface area contributed by atoms with E-state index < -0.39 is 0 Å². The van der Waals surface area contributed by atoms with Gasteiger partial charge < -0.3 is 10.1 Å². The molecule has 2 fully saturated rings. The summed E-state index contributed by atoms with van der Waals surface area (Å²) in [4.78, 5) is 0. The molecule has 0 bridgehead atoms. The maximum absolute atomic E-state index is 5.84. The topological polar surface area (TPSA) is 49.9 Å². The Kier molecular flexibility index (Phi) is 2.92. The first-order valence-electron chi connectivity index (χ1n) is 6.68. The Morgan fingerprint density at radius 2 is 2.47 bits per heavy atom. The van der Waals surface area contributed by atoms with Gasteiger partial charge in [-0.15, -0.1) is 0 Å². The Balaban J connectivity index is 1.55. The normalized spacial score (nSPS) is 29.9. The lowest BCUT2D eigenvalue weighted by Gasteiger charge is -2.61. The van der Waals surface area contributed by atoms with Gasteiger partial charge in [0.05, 0.1) is 6.10 Å². The average molecular weight is 235 g/mol. The SMILES string of the molecule is CCOC1CC(NCc2ccn[nH]2)C12CCC2. The summed E-state index contributed by atoms with van der Waals surface area (Å²) in [5.41, 5.74) is 1.62. The highest BCUT2D eigenvalue weighted by Gasteiger charge is 2.58. The van der Waals surface area contributed by atoms with Gasteiger partial charge >= 0.3 is 0 Å². The second-order valence-electron chi connectivity index (χ2n) is 5.28. The van der Waals surface area contributed by atoms with Gasteiger partial charge in [-0.1, -0.05) is 6.42 Å². The highest BCUT2D eigenvalue weighted by molar-refractivity contribution is 5.12. The summed E-state index contributed by atoms with van der Waals surface area (Å²) in [6.45, 7) is 3.84. The number of nitrogens with one attached hydrogen (secondary N) is 2. The fourth-order valence-electron chi connectivity index (χ4n) is 3.34. The number of H-pyrrole nitrogens is 1. The lowest BCUT2D eigenvalue weighted by molar-refractivity contribution is -0.173. The molecule has 2 aliphatic carbocycles. The van der Waals surface area contributed by atoms with E-state index in [0.29, 0.717) is 17.6 Å². The molecule has 1 aromatic heterocycles. The molecule has 2 aliphatic rings. The number of aromatic amines is 1. The van der Waals surface area contributed by atoms with Gasteiger partial charge in [0.1, 0.15) is 0 Å². The van der Waals surface area contributed by atoms with Gasteiger partial charge in [0.15, 0.2) is 0 Å². The number of aromatic nitrogens is 2. The third-order valence-electron chi connectivity index (χ3n) is 4.53.